The number of hydrogen-bond acceptors (Lipinski definition) is 5. The Morgan fingerprint density at radius 1 is 1.15 bits per heavy atom. The summed E-state index contributed by atoms with van der Waals surface area (Å²) in [6.07, 6.45) is 7.31. The Morgan fingerprint density at radius 2 is 1.95 bits per heavy atom. The number of Topliss-reactive ketones (excluding diaryl/α,β-unsaturated/α-hetero) is 1. The molecule has 6 nitrogen and oxygen atoms in total. The Bertz CT molecular complexity index is 1260. The van der Waals surface area contributed by atoms with E-state index < -0.39 is 0 Å². The third-order valence-corrected chi connectivity index (χ3v) is 9.45. The van der Waals surface area contributed by atoms with E-state index in [0.717, 1.165) is 62.1 Å². The summed E-state index contributed by atoms with van der Waals surface area (Å²) in [5.74, 6) is 1.62. The summed E-state index contributed by atoms with van der Waals surface area (Å²) in [6, 6.07) is 10.6. The van der Waals surface area contributed by atoms with Crippen LogP contribution in [0.25, 0.3) is 11.0 Å². The molecule has 0 radical (unpaired) electrons. The first-order chi connectivity index (χ1) is 19.8. The molecule has 224 valence electrons. The maximum Gasteiger partial charge on any atom is 0.223 e. The number of likely N-dealkylation sites (tertiary alicyclic amines) is 1. The van der Waals surface area contributed by atoms with Gasteiger partial charge in [0.1, 0.15) is 5.82 Å². The normalized spacial score (nSPS) is 17.0. The van der Waals surface area contributed by atoms with Crippen LogP contribution in [0, 0.1) is 17.8 Å². The van der Waals surface area contributed by atoms with E-state index in [9.17, 15) is 9.59 Å². The molecule has 3 aromatic rings. The Kier molecular flexibility index (Phi) is 11.6. The molecule has 1 aliphatic heterocycles. The van der Waals surface area contributed by atoms with Crippen molar-refractivity contribution in [2.45, 2.75) is 92.0 Å². The molecule has 0 aliphatic carbocycles. The van der Waals surface area contributed by atoms with Gasteiger partial charge in [-0.05, 0) is 93.1 Å². The number of nitrogens with one attached hydrogen (secondary N) is 1. The molecule has 1 N–H and O–H groups in total. The van der Waals surface area contributed by atoms with Crippen LogP contribution in [0.5, 0.6) is 0 Å². The lowest BCUT2D eigenvalue weighted by Gasteiger charge is -2.32. The van der Waals surface area contributed by atoms with Crippen molar-refractivity contribution >= 4 is 34.1 Å². The molecular weight excluding hydrogens is 528 g/mol. The van der Waals surface area contributed by atoms with Crippen LogP contribution in [-0.2, 0) is 11.2 Å². The molecule has 4 rings (SSSR count). The van der Waals surface area contributed by atoms with Crippen LogP contribution < -0.4 is 5.32 Å². The zero-order valence-electron chi connectivity index (χ0n) is 25.8. The largest absolute Gasteiger partial charge is 0.356 e. The van der Waals surface area contributed by atoms with Crippen LogP contribution in [0.1, 0.15) is 107 Å². The molecule has 0 saturated carbocycles. The fraction of sp³-hybridized carbons (Fsp3) is 0.618. The maximum atomic E-state index is 13.6. The van der Waals surface area contributed by atoms with Crippen molar-refractivity contribution in [1.29, 1.82) is 0 Å². The SMILES string of the molecule is CCCN1CCCC(CNC(=O)[C@@H](CC(=O)c2ccc3c(c2)nc(Cc2cccs2)n3C(CC)CC)CC(C)C)C1. The maximum absolute atomic E-state index is 13.6. The number of carbonyl (C=O) groups excluding carboxylic acids is 2. The second-order valence-corrected chi connectivity index (χ2v) is 13.4. The molecule has 1 aromatic carbocycles. The summed E-state index contributed by atoms with van der Waals surface area (Å²) in [7, 11) is 0. The Hall–Kier alpha value is -2.51. The second kappa shape index (κ2) is 15.1. The lowest BCUT2D eigenvalue weighted by atomic mass is 9.89. The number of nitrogens with zero attached hydrogens (tertiary/aromatic N) is 3. The van der Waals surface area contributed by atoms with Crippen LogP contribution >= 0.6 is 11.3 Å². The fourth-order valence-corrected chi connectivity index (χ4v) is 7.20. The Balaban J connectivity index is 1.48. The lowest BCUT2D eigenvalue weighted by Crippen LogP contribution is -2.42. The monoisotopic (exact) mass is 578 g/mol. The van der Waals surface area contributed by atoms with Gasteiger partial charge in [-0.25, -0.2) is 4.98 Å². The standard InChI is InChI=1S/C34H50N4O2S/c1-6-15-37-16-9-11-25(23-37)22-35-34(40)27(18-24(4)5)20-32(39)26-13-14-31-30(19-26)36-33(21-29-12-10-17-41-29)38(31)28(7-2)8-3/h10,12-14,17,19,24-25,27-28H,6-9,11,15-16,18,20-23H2,1-5H3,(H,35,40)/t25?,27-/m1/s1. The quantitative estimate of drug-likeness (QED) is 0.189. The minimum atomic E-state index is -0.315. The summed E-state index contributed by atoms with van der Waals surface area (Å²) in [5, 5.41) is 5.34. The van der Waals surface area contributed by atoms with Gasteiger partial charge in [0.2, 0.25) is 5.91 Å². The van der Waals surface area contributed by atoms with Crippen LogP contribution in [0.3, 0.4) is 0 Å². The Labute approximate surface area is 250 Å². The van der Waals surface area contributed by atoms with E-state index in [1.165, 1.54) is 17.8 Å². The smallest absolute Gasteiger partial charge is 0.223 e. The highest BCUT2D eigenvalue weighted by molar-refractivity contribution is 7.09. The third-order valence-electron chi connectivity index (χ3n) is 8.57. The average Bonchev–Trinajstić information content (AvgIpc) is 3.60. The first-order valence-corrected chi connectivity index (χ1v) is 16.8. The fourth-order valence-electron chi connectivity index (χ4n) is 6.50. The summed E-state index contributed by atoms with van der Waals surface area (Å²) in [5.41, 5.74) is 2.61. The number of hydrogen-bond donors (Lipinski definition) is 1. The molecule has 3 heterocycles. The molecule has 2 aromatic heterocycles. The van der Waals surface area contributed by atoms with Gasteiger partial charge in [-0.3, -0.25) is 9.59 Å². The second-order valence-electron chi connectivity index (χ2n) is 12.3. The predicted octanol–water partition coefficient (Wildman–Crippen LogP) is 7.52. The number of imidazole rings is 1. The zero-order valence-corrected chi connectivity index (χ0v) is 26.6. The summed E-state index contributed by atoms with van der Waals surface area (Å²) < 4.78 is 2.38. The number of amides is 1. The molecule has 2 atom stereocenters. The highest BCUT2D eigenvalue weighted by atomic mass is 32.1. The molecule has 7 heteroatoms. The topological polar surface area (TPSA) is 67.2 Å². The van der Waals surface area contributed by atoms with Gasteiger partial charge in [-0.15, -0.1) is 11.3 Å². The van der Waals surface area contributed by atoms with Crippen molar-refractivity contribution in [2.75, 3.05) is 26.2 Å². The van der Waals surface area contributed by atoms with E-state index in [2.05, 4.69) is 73.0 Å². The van der Waals surface area contributed by atoms with Crippen LogP contribution in [0.2, 0.25) is 0 Å². The van der Waals surface area contributed by atoms with E-state index >= 15 is 0 Å². The van der Waals surface area contributed by atoms with Gasteiger partial charge in [0.25, 0.3) is 0 Å². The van der Waals surface area contributed by atoms with Crippen LogP contribution in [0.4, 0.5) is 0 Å². The van der Waals surface area contributed by atoms with Crippen LogP contribution in [0.15, 0.2) is 35.7 Å². The molecule has 0 bridgehead atoms. The predicted molar refractivity (Wildman–Crippen MR) is 171 cm³/mol. The number of fused-ring (bicyclic) bond motifs is 1. The first-order valence-electron chi connectivity index (χ1n) is 15.9. The minimum absolute atomic E-state index is 0.0244. The van der Waals surface area contributed by atoms with Gasteiger partial charge in [-0.2, -0.15) is 0 Å². The van der Waals surface area contributed by atoms with Gasteiger partial charge < -0.3 is 14.8 Å². The summed E-state index contributed by atoms with van der Waals surface area (Å²) in [6.45, 7) is 15.0. The van der Waals surface area contributed by atoms with Crippen molar-refractivity contribution in [3.63, 3.8) is 0 Å². The van der Waals surface area contributed by atoms with E-state index in [-0.39, 0.29) is 24.0 Å². The molecule has 41 heavy (non-hydrogen) atoms. The van der Waals surface area contributed by atoms with Gasteiger partial charge in [0.15, 0.2) is 5.78 Å². The molecule has 1 fully saturated rings. The van der Waals surface area contributed by atoms with Crippen molar-refractivity contribution in [1.82, 2.24) is 19.8 Å². The van der Waals surface area contributed by atoms with Gasteiger partial charge in [0, 0.05) is 48.3 Å². The Morgan fingerprint density at radius 3 is 2.63 bits per heavy atom. The molecule has 1 aliphatic rings. The zero-order chi connectivity index (χ0) is 29.4. The van der Waals surface area contributed by atoms with E-state index in [1.54, 1.807) is 11.3 Å². The van der Waals surface area contributed by atoms with Crippen molar-refractivity contribution in [3.8, 4) is 0 Å². The van der Waals surface area contributed by atoms with E-state index in [0.29, 0.717) is 36.4 Å². The number of thiophene rings is 1. The van der Waals surface area contributed by atoms with Gasteiger partial charge in [0.05, 0.1) is 11.0 Å². The van der Waals surface area contributed by atoms with E-state index in [4.69, 9.17) is 4.98 Å². The number of benzene rings is 1. The van der Waals surface area contributed by atoms with Crippen LogP contribution in [-0.4, -0.2) is 52.3 Å². The number of carbonyl (C=O) groups is 2. The highest BCUT2D eigenvalue weighted by Gasteiger charge is 2.26. The molecule has 0 spiro atoms. The van der Waals surface area contributed by atoms with Crippen molar-refractivity contribution in [2.24, 2.45) is 17.8 Å². The molecule has 1 saturated heterocycles. The number of rotatable bonds is 15. The first kappa shape index (κ1) is 31.4. The van der Waals surface area contributed by atoms with Crippen molar-refractivity contribution in [3.05, 3.63) is 52.0 Å². The minimum Gasteiger partial charge on any atom is -0.356 e. The lowest BCUT2D eigenvalue weighted by molar-refractivity contribution is -0.125. The van der Waals surface area contributed by atoms with Gasteiger partial charge in [-0.1, -0.05) is 40.7 Å². The third kappa shape index (κ3) is 8.29. The highest BCUT2D eigenvalue weighted by Crippen LogP contribution is 2.29. The number of aromatic nitrogens is 2. The molecular formula is C34H50N4O2S. The molecule has 1 amide bonds. The number of piperidine rings is 1. The summed E-state index contributed by atoms with van der Waals surface area (Å²) >= 11 is 1.75. The summed E-state index contributed by atoms with van der Waals surface area (Å²) in [4.78, 5) is 35.8. The average molecular weight is 579 g/mol. The van der Waals surface area contributed by atoms with Crippen molar-refractivity contribution < 1.29 is 9.59 Å². The van der Waals surface area contributed by atoms with Gasteiger partial charge >= 0.3 is 0 Å². The van der Waals surface area contributed by atoms with E-state index in [1.807, 2.05) is 12.1 Å². The molecule has 1 unspecified atom stereocenters. The number of ketones is 1.